The number of nitrogens with one attached hydrogen (secondary N) is 1. The number of aromatic hydroxyl groups is 1. The molecule has 0 aliphatic rings. The minimum atomic E-state index is -0.663. The van der Waals surface area contributed by atoms with E-state index >= 15 is 0 Å². The van der Waals surface area contributed by atoms with Gasteiger partial charge in [-0.25, -0.2) is 4.79 Å². The minimum absolute atomic E-state index is 0.00682. The lowest BCUT2D eigenvalue weighted by Gasteiger charge is -2.08. The number of aryl methyl sites for hydroxylation is 2. The minimum Gasteiger partial charge on any atom is -0.508 e. The number of hydrogen-bond acceptors (Lipinski definition) is 5. The Morgan fingerprint density at radius 1 is 1.10 bits per heavy atom. The van der Waals surface area contributed by atoms with Gasteiger partial charge in [0.1, 0.15) is 5.75 Å². The quantitative estimate of drug-likeness (QED) is 0.587. The highest BCUT2D eigenvalue weighted by Gasteiger charge is 2.15. The molecule has 0 spiro atoms. The van der Waals surface area contributed by atoms with Gasteiger partial charge in [0, 0.05) is 17.8 Å². The average Bonchev–Trinajstić information content (AvgIpc) is 3.00. The van der Waals surface area contributed by atoms with Crippen LogP contribution in [-0.2, 0) is 22.6 Å². The SMILES string of the molecule is Cc1ccc(C(=O)OCC(=O)NCc2c(C)nn(Cc3ccccc3)c2C)cc1O. The Kier molecular flexibility index (Phi) is 6.51. The van der Waals surface area contributed by atoms with Crippen molar-refractivity contribution in [2.75, 3.05) is 6.61 Å². The van der Waals surface area contributed by atoms with Crippen molar-refractivity contribution >= 4 is 11.9 Å². The van der Waals surface area contributed by atoms with Gasteiger partial charge in [0.2, 0.25) is 0 Å². The standard InChI is InChI=1S/C23H25N3O4/c1-15-9-10-19(11-21(15)27)23(29)30-14-22(28)24-12-20-16(2)25-26(17(20)3)13-18-7-5-4-6-8-18/h4-11,27H,12-14H2,1-3H3,(H,24,28). The largest absolute Gasteiger partial charge is 0.508 e. The monoisotopic (exact) mass is 407 g/mol. The van der Waals surface area contributed by atoms with Crippen molar-refractivity contribution in [3.05, 3.63) is 82.2 Å². The van der Waals surface area contributed by atoms with Crippen LogP contribution in [0.5, 0.6) is 5.75 Å². The van der Waals surface area contributed by atoms with E-state index in [4.69, 9.17) is 4.74 Å². The van der Waals surface area contributed by atoms with Gasteiger partial charge in [-0.3, -0.25) is 9.48 Å². The fraction of sp³-hybridized carbons (Fsp3) is 0.261. The number of ether oxygens (including phenoxy) is 1. The maximum absolute atomic E-state index is 12.1. The molecule has 0 bridgehead atoms. The molecule has 0 saturated carbocycles. The molecule has 0 fully saturated rings. The molecule has 3 rings (SSSR count). The van der Waals surface area contributed by atoms with Gasteiger partial charge in [-0.15, -0.1) is 0 Å². The van der Waals surface area contributed by atoms with E-state index in [-0.39, 0.29) is 11.3 Å². The predicted octanol–water partition coefficient (Wildman–Crippen LogP) is 3.04. The maximum Gasteiger partial charge on any atom is 0.338 e. The first kappa shape index (κ1) is 21.1. The van der Waals surface area contributed by atoms with Crippen LogP contribution in [0.4, 0.5) is 0 Å². The van der Waals surface area contributed by atoms with Crippen LogP contribution in [0.2, 0.25) is 0 Å². The zero-order valence-electron chi connectivity index (χ0n) is 17.3. The highest BCUT2D eigenvalue weighted by molar-refractivity contribution is 5.91. The summed E-state index contributed by atoms with van der Waals surface area (Å²) in [6.07, 6.45) is 0. The number of esters is 1. The molecule has 1 aromatic heterocycles. The average molecular weight is 407 g/mol. The molecule has 7 nitrogen and oxygen atoms in total. The van der Waals surface area contributed by atoms with Crippen molar-refractivity contribution in [3.8, 4) is 5.75 Å². The summed E-state index contributed by atoms with van der Waals surface area (Å²) in [5.41, 5.74) is 4.75. The first-order valence-corrected chi connectivity index (χ1v) is 9.65. The molecule has 156 valence electrons. The molecule has 7 heteroatoms. The summed E-state index contributed by atoms with van der Waals surface area (Å²) in [6, 6.07) is 14.5. The van der Waals surface area contributed by atoms with Crippen LogP contribution in [0.25, 0.3) is 0 Å². The Morgan fingerprint density at radius 3 is 2.53 bits per heavy atom. The van der Waals surface area contributed by atoms with Crippen molar-refractivity contribution in [3.63, 3.8) is 0 Å². The molecule has 0 aliphatic heterocycles. The van der Waals surface area contributed by atoms with Gasteiger partial charge >= 0.3 is 5.97 Å². The number of rotatable bonds is 7. The van der Waals surface area contributed by atoms with Crippen molar-refractivity contribution in [2.45, 2.75) is 33.9 Å². The summed E-state index contributed by atoms with van der Waals surface area (Å²) >= 11 is 0. The van der Waals surface area contributed by atoms with Gasteiger partial charge < -0.3 is 15.2 Å². The zero-order chi connectivity index (χ0) is 21.7. The summed E-state index contributed by atoms with van der Waals surface area (Å²) in [4.78, 5) is 24.2. The van der Waals surface area contributed by atoms with E-state index in [0.717, 1.165) is 22.5 Å². The molecule has 0 atom stereocenters. The third-order valence-electron chi connectivity index (χ3n) is 4.95. The number of aromatic nitrogens is 2. The van der Waals surface area contributed by atoms with Crippen LogP contribution >= 0.6 is 0 Å². The van der Waals surface area contributed by atoms with Crippen LogP contribution in [0.1, 0.15) is 38.4 Å². The molecule has 3 aromatic rings. The number of benzene rings is 2. The van der Waals surface area contributed by atoms with Gasteiger partial charge in [0.15, 0.2) is 6.61 Å². The first-order valence-electron chi connectivity index (χ1n) is 9.65. The summed E-state index contributed by atoms with van der Waals surface area (Å²) in [6.45, 7) is 6.15. The number of carbonyl (C=O) groups is 2. The topological polar surface area (TPSA) is 93.5 Å². The highest BCUT2D eigenvalue weighted by Crippen LogP contribution is 2.18. The van der Waals surface area contributed by atoms with Gasteiger partial charge in [0.25, 0.3) is 5.91 Å². The Hall–Kier alpha value is -3.61. The second-order valence-electron chi connectivity index (χ2n) is 7.15. The normalized spacial score (nSPS) is 10.6. The molecule has 0 saturated heterocycles. The van der Waals surface area contributed by atoms with Gasteiger partial charge in [-0.05, 0) is 44.0 Å². The summed E-state index contributed by atoms with van der Waals surface area (Å²) < 4.78 is 6.95. The number of phenolic OH excluding ortho intramolecular Hbond substituents is 1. The fourth-order valence-corrected chi connectivity index (χ4v) is 3.09. The predicted molar refractivity (Wildman–Crippen MR) is 112 cm³/mol. The molecular formula is C23H25N3O4. The Morgan fingerprint density at radius 2 is 1.83 bits per heavy atom. The van der Waals surface area contributed by atoms with Crippen LogP contribution in [0, 0.1) is 20.8 Å². The molecule has 0 aliphatic carbocycles. The molecule has 1 heterocycles. The lowest BCUT2D eigenvalue weighted by Crippen LogP contribution is -2.28. The van der Waals surface area contributed by atoms with E-state index in [1.54, 1.807) is 19.1 Å². The van der Waals surface area contributed by atoms with E-state index in [0.29, 0.717) is 18.7 Å². The molecular weight excluding hydrogens is 382 g/mol. The first-order chi connectivity index (χ1) is 14.3. The smallest absolute Gasteiger partial charge is 0.338 e. The fourth-order valence-electron chi connectivity index (χ4n) is 3.09. The maximum atomic E-state index is 12.1. The number of hydrogen-bond donors (Lipinski definition) is 2. The second kappa shape index (κ2) is 9.26. The van der Waals surface area contributed by atoms with Crippen molar-refractivity contribution in [1.82, 2.24) is 15.1 Å². The summed E-state index contributed by atoms with van der Waals surface area (Å²) in [7, 11) is 0. The molecule has 0 unspecified atom stereocenters. The van der Waals surface area contributed by atoms with E-state index in [9.17, 15) is 14.7 Å². The van der Waals surface area contributed by atoms with Gasteiger partial charge in [-0.1, -0.05) is 36.4 Å². The third-order valence-corrected chi connectivity index (χ3v) is 4.95. The summed E-state index contributed by atoms with van der Waals surface area (Å²) in [5, 5.41) is 17.0. The Bertz CT molecular complexity index is 1060. The molecule has 2 aromatic carbocycles. The van der Waals surface area contributed by atoms with Crippen LogP contribution in [-0.4, -0.2) is 33.4 Å². The van der Waals surface area contributed by atoms with Crippen molar-refractivity contribution in [1.29, 1.82) is 0 Å². The lowest BCUT2D eigenvalue weighted by atomic mass is 10.1. The van der Waals surface area contributed by atoms with E-state index in [2.05, 4.69) is 10.4 Å². The van der Waals surface area contributed by atoms with E-state index < -0.39 is 18.5 Å². The molecule has 1 amide bonds. The van der Waals surface area contributed by atoms with E-state index in [1.807, 2.05) is 48.9 Å². The molecule has 0 radical (unpaired) electrons. The van der Waals surface area contributed by atoms with Crippen LogP contribution < -0.4 is 5.32 Å². The van der Waals surface area contributed by atoms with Crippen LogP contribution in [0.15, 0.2) is 48.5 Å². The van der Waals surface area contributed by atoms with Gasteiger partial charge in [-0.2, -0.15) is 5.10 Å². The summed E-state index contributed by atoms with van der Waals surface area (Å²) in [5.74, 6) is -1.06. The van der Waals surface area contributed by atoms with Crippen molar-refractivity contribution in [2.24, 2.45) is 0 Å². The molecule has 2 N–H and O–H groups in total. The number of amides is 1. The highest BCUT2D eigenvalue weighted by atomic mass is 16.5. The number of carbonyl (C=O) groups excluding carboxylic acids is 2. The second-order valence-corrected chi connectivity index (χ2v) is 7.15. The molecule has 30 heavy (non-hydrogen) atoms. The zero-order valence-corrected chi connectivity index (χ0v) is 17.3. The lowest BCUT2D eigenvalue weighted by molar-refractivity contribution is -0.124. The van der Waals surface area contributed by atoms with Crippen LogP contribution in [0.3, 0.4) is 0 Å². The van der Waals surface area contributed by atoms with E-state index in [1.165, 1.54) is 6.07 Å². The third kappa shape index (κ3) is 5.05. The van der Waals surface area contributed by atoms with Gasteiger partial charge in [0.05, 0.1) is 17.8 Å². The number of nitrogens with zero attached hydrogens (tertiary/aromatic N) is 2. The Balaban J connectivity index is 1.54. The van der Waals surface area contributed by atoms with Crippen molar-refractivity contribution < 1.29 is 19.4 Å². The Labute approximate surface area is 175 Å². The number of phenols is 1.